The summed E-state index contributed by atoms with van der Waals surface area (Å²) in [4.78, 5) is 13.6. The third-order valence-corrected chi connectivity index (χ3v) is 5.81. The lowest BCUT2D eigenvalue weighted by molar-refractivity contribution is -0.189. The highest BCUT2D eigenvalue weighted by atomic mass is 32.1. The number of anilines is 1. The van der Waals surface area contributed by atoms with E-state index in [0.717, 1.165) is 5.56 Å². The highest BCUT2D eigenvalue weighted by molar-refractivity contribution is 7.19. The largest absolute Gasteiger partial charge is 0.394 e. The molecular weight excluding hydrogens is 361 g/mol. The van der Waals surface area contributed by atoms with Gasteiger partial charge in [0.1, 0.15) is 5.01 Å². The van der Waals surface area contributed by atoms with Crippen molar-refractivity contribution in [1.29, 1.82) is 0 Å². The molecule has 130 valence electrons. The highest BCUT2D eigenvalue weighted by Crippen LogP contribution is 2.44. The minimum Gasteiger partial charge on any atom is -0.319 e. The van der Waals surface area contributed by atoms with Crippen molar-refractivity contribution in [1.82, 2.24) is 15.1 Å². The second-order valence-corrected chi connectivity index (χ2v) is 7.80. The fourth-order valence-corrected chi connectivity index (χ4v) is 4.40. The van der Waals surface area contributed by atoms with Crippen molar-refractivity contribution < 1.29 is 18.0 Å². The lowest BCUT2D eigenvalue weighted by Crippen LogP contribution is -2.51. The van der Waals surface area contributed by atoms with Gasteiger partial charge in [-0.25, -0.2) is 4.79 Å². The van der Waals surface area contributed by atoms with Gasteiger partial charge in [-0.1, -0.05) is 11.3 Å². The minimum absolute atomic E-state index is 0.0548. The Kier molecular flexibility index (Phi) is 4.28. The molecular formula is C14H15F3N4OS2. The predicted octanol–water partition coefficient (Wildman–Crippen LogP) is 4.46. The van der Waals surface area contributed by atoms with Gasteiger partial charge in [0, 0.05) is 17.5 Å². The Balaban J connectivity index is 1.72. The third kappa shape index (κ3) is 3.12. The molecule has 0 bridgehead atoms. The minimum atomic E-state index is -4.33. The van der Waals surface area contributed by atoms with E-state index in [0.29, 0.717) is 5.01 Å². The van der Waals surface area contributed by atoms with Crippen LogP contribution in [0, 0.1) is 5.92 Å². The fraction of sp³-hybridized carbons (Fsp3) is 0.500. The van der Waals surface area contributed by atoms with Gasteiger partial charge in [-0.15, -0.1) is 10.2 Å². The highest BCUT2D eigenvalue weighted by Gasteiger charge is 2.56. The summed E-state index contributed by atoms with van der Waals surface area (Å²) in [5.41, 5.74) is -0.403. The van der Waals surface area contributed by atoms with Crippen LogP contribution in [-0.2, 0) is 0 Å². The summed E-state index contributed by atoms with van der Waals surface area (Å²) < 4.78 is 39.3. The van der Waals surface area contributed by atoms with Gasteiger partial charge in [0.2, 0.25) is 5.13 Å². The number of urea groups is 1. The Morgan fingerprint density at radius 1 is 1.42 bits per heavy atom. The van der Waals surface area contributed by atoms with Crippen molar-refractivity contribution in [2.75, 3.05) is 11.9 Å². The molecule has 0 aromatic carbocycles. The van der Waals surface area contributed by atoms with Crippen LogP contribution in [0.1, 0.15) is 20.3 Å². The van der Waals surface area contributed by atoms with Crippen molar-refractivity contribution in [2.45, 2.75) is 32.0 Å². The number of aromatic nitrogens is 2. The van der Waals surface area contributed by atoms with Crippen LogP contribution in [0.2, 0.25) is 0 Å². The molecule has 1 atom stereocenters. The van der Waals surface area contributed by atoms with Gasteiger partial charge in [-0.2, -0.15) is 24.5 Å². The van der Waals surface area contributed by atoms with E-state index in [1.807, 2.05) is 16.8 Å². The number of rotatable bonds is 2. The average molecular weight is 376 g/mol. The normalized spacial score (nSPS) is 20.4. The Hall–Kier alpha value is -1.68. The average Bonchev–Trinajstić information content (AvgIpc) is 3.15. The van der Waals surface area contributed by atoms with Crippen LogP contribution in [0.3, 0.4) is 0 Å². The number of likely N-dealkylation sites (tertiary alicyclic amines) is 1. The Bertz CT molecular complexity index is 727. The molecule has 0 spiro atoms. The maximum absolute atomic E-state index is 13.1. The molecule has 24 heavy (non-hydrogen) atoms. The van der Waals surface area contributed by atoms with Gasteiger partial charge in [-0.3, -0.25) is 5.32 Å². The molecule has 1 aliphatic heterocycles. The quantitative estimate of drug-likeness (QED) is 0.842. The van der Waals surface area contributed by atoms with Crippen molar-refractivity contribution in [2.24, 2.45) is 5.92 Å². The molecule has 5 nitrogen and oxygen atoms in total. The number of hydrogen-bond acceptors (Lipinski definition) is 5. The fourth-order valence-electron chi connectivity index (χ4n) is 2.95. The number of alkyl halides is 3. The summed E-state index contributed by atoms with van der Waals surface area (Å²) in [5.74, 6) is -1.54. The molecule has 1 N–H and O–H groups in total. The maximum atomic E-state index is 13.1. The molecule has 0 radical (unpaired) electrons. The van der Waals surface area contributed by atoms with E-state index in [2.05, 4.69) is 15.5 Å². The van der Waals surface area contributed by atoms with Crippen molar-refractivity contribution in [3.05, 3.63) is 16.8 Å². The van der Waals surface area contributed by atoms with Gasteiger partial charge in [-0.05, 0) is 31.7 Å². The van der Waals surface area contributed by atoms with Crippen LogP contribution < -0.4 is 5.32 Å². The molecule has 1 saturated heterocycles. The number of thiophene rings is 1. The first-order valence-electron chi connectivity index (χ1n) is 7.21. The SMILES string of the molecule is CC1(C)C(C(F)(F)F)CCN1C(=O)Nc1nnc(-c2ccsc2)s1. The van der Waals surface area contributed by atoms with Gasteiger partial charge >= 0.3 is 12.2 Å². The first-order valence-corrected chi connectivity index (χ1v) is 8.97. The van der Waals surface area contributed by atoms with Gasteiger partial charge in [0.15, 0.2) is 0 Å². The number of amides is 2. The number of nitrogens with one attached hydrogen (secondary N) is 1. The maximum Gasteiger partial charge on any atom is 0.394 e. The summed E-state index contributed by atoms with van der Waals surface area (Å²) in [5, 5.41) is 15.2. The van der Waals surface area contributed by atoms with E-state index >= 15 is 0 Å². The van der Waals surface area contributed by atoms with Gasteiger partial charge in [0.25, 0.3) is 0 Å². The zero-order valence-corrected chi connectivity index (χ0v) is 14.6. The van der Waals surface area contributed by atoms with Crippen molar-refractivity contribution in [3.8, 4) is 10.6 Å². The van der Waals surface area contributed by atoms with Crippen molar-refractivity contribution in [3.63, 3.8) is 0 Å². The van der Waals surface area contributed by atoms with Crippen LogP contribution >= 0.6 is 22.7 Å². The van der Waals surface area contributed by atoms with E-state index < -0.39 is 23.7 Å². The number of carbonyl (C=O) groups is 1. The van der Waals surface area contributed by atoms with E-state index in [1.165, 1.54) is 41.4 Å². The van der Waals surface area contributed by atoms with Crippen molar-refractivity contribution >= 4 is 33.8 Å². The molecule has 0 saturated carbocycles. The predicted molar refractivity (Wildman–Crippen MR) is 87.2 cm³/mol. The number of carbonyl (C=O) groups excluding carboxylic acids is 1. The van der Waals surface area contributed by atoms with Crippen LogP contribution in [-0.4, -0.2) is 39.4 Å². The van der Waals surface area contributed by atoms with Gasteiger partial charge in [0.05, 0.1) is 11.5 Å². The van der Waals surface area contributed by atoms with Gasteiger partial charge < -0.3 is 4.90 Å². The van der Waals surface area contributed by atoms with E-state index in [1.54, 1.807) is 0 Å². The zero-order chi connectivity index (χ0) is 17.5. The first-order chi connectivity index (χ1) is 11.2. The van der Waals surface area contributed by atoms with Crippen LogP contribution in [0.25, 0.3) is 10.6 Å². The first kappa shape index (κ1) is 17.2. The summed E-state index contributed by atoms with van der Waals surface area (Å²) in [6.07, 6.45) is -4.42. The Morgan fingerprint density at radius 2 is 2.17 bits per heavy atom. The molecule has 1 unspecified atom stereocenters. The molecule has 0 aliphatic carbocycles. The standard InChI is InChI=1S/C14H15F3N4OS2/c1-13(2)9(14(15,16)17)3-5-21(13)12(22)18-11-20-19-10(24-11)8-4-6-23-7-8/h4,6-7,9H,3,5H2,1-2H3,(H,18,20,22). The zero-order valence-electron chi connectivity index (χ0n) is 12.9. The Labute approximate surface area is 144 Å². The van der Waals surface area contributed by atoms with E-state index in [4.69, 9.17) is 0 Å². The topological polar surface area (TPSA) is 58.1 Å². The Morgan fingerprint density at radius 3 is 2.75 bits per heavy atom. The third-order valence-electron chi connectivity index (χ3n) is 4.24. The number of nitrogens with zero attached hydrogens (tertiary/aromatic N) is 3. The molecule has 10 heteroatoms. The summed E-state index contributed by atoms with van der Waals surface area (Å²) >= 11 is 2.70. The number of halogens is 3. The molecule has 3 heterocycles. The van der Waals surface area contributed by atoms with Crippen LogP contribution in [0.4, 0.5) is 23.1 Å². The molecule has 3 rings (SSSR count). The molecule has 2 amide bonds. The summed E-state index contributed by atoms with van der Waals surface area (Å²) in [7, 11) is 0. The molecule has 2 aromatic rings. The lowest BCUT2D eigenvalue weighted by atomic mass is 9.88. The smallest absolute Gasteiger partial charge is 0.319 e. The second-order valence-electron chi connectivity index (χ2n) is 6.04. The van der Waals surface area contributed by atoms with Crippen LogP contribution in [0.15, 0.2) is 16.8 Å². The number of hydrogen-bond donors (Lipinski definition) is 1. The summed E-state index contributed by atoms with van der Waals surface area (Å²) in [6.45, 7) is 2.93. The molecule has 2 aromatic heterocycles. The monoisotopic (exact) mass is 376 g/mol. The van der Waals surface area contributed by atoms with E-state index in [-0.39, 0.29) is 18.1 Å². The summed E-state index contributed by atoms with van der Waals surface area (Å²) in [6, 6.07) is 1.30. The molecule has 1 fully saturated rings. The van der Waals surface area contributed by atoms with Crippen LogP contribution in [0.5, 0.6) is 0 Å². The lowest BCUT2D eigenvalue weighted by Gasteiger charge is -2.36. The second kappa shape index (κ2) is 5.99. The van der Waals surface area contributed by atoms with E-state index in [9.17, 15) is 18.0 Å². The molecule has 1 aliphatic rings.